The highest BCUT2D eigenvalue weighted by Crippen LogP contribution is 2.34. The molecule has 4 atom stereocenters. The number of likely N-dealkylation sites (N-methyl/N-ethyl adjacent to an activating group) is 1. The molecule has 4 amide bonds. The van der Waals surface area contributed by atoms with Gasteiger partial charge in [0.15, 0.2) is 11.5 Å². The first kappa shape index (κ1) is 35.5. The molecule has 3 aromatic rings. The first-order valence-electron chi connectivity index (χ1n) is 16.7. The van der Waals surface area contributed by atoms with Gasteiger partial charge in [0.1, 0.15) is 5.75 Å². The van der Waals surface area contributed by atoms with Gasteiger partial charge in [-0.1, -0.05) is 25.1 Å². The van der Waals surface area contributed by atoms with Gasteiger partial charge in [0.2, 0.25) is 6.79 Å². The van der Waals surface area contributed by atoms with Crippen LogP contribution in [0.1, 0.15) is 60.7 Å². The molecule has 0 fully saturated rings. The minimum Gasteiger partial charge on any atom is -0.490 e. The quantitative estimate of drug-likeness (QED) is 0.293. The van der Waals surface area contributed by atoms with E-state index in [2.05, 4.69) is 10.6 Å². The molecule has 5 rings (SSSR count). The first-order chi connectivity index (χ1) is 23.6. The van der Waals surface area contributed by atoms with Gasteiger partial charge in [0.05, 0.1) is 30.4 Å². The van der Waals surface area contributed by atoms with Crippen molar-refractivity contribution in [1.29, 1.82) is 0 Å². The molecule has 3 aromatic carbocycles. The van der Waals surface area contributed by atoms with Crippen LogP contribution in [0.5, 0.6) is 17.2 Å². The SMILES string of the molecule is C[C@@H]1CCCCO[C@H](CN(C)C(=O)c2ccccc2)[C@@H](C)CN([C@@H](C)CO)C(=O)c2cc(NC(=O)Nc3ccc4c(c3)OCO4)ccc2O1. The predicted octanol–water partition coefficient (Wildman–Crippen LogP) is 5.63. The third-order valence-corrected chi connectivity index (χ3v) is 8.76. The molecule has 2 aliphatic rings. The molecule has 0 spiro atoms. The normalized spacial score (nSPS) is 20.3. The summed E-state index contributed by atoms with van der Waals surface area (Å²) in [5, 5.41) is 15.8. The lowest BCUT2D eigenvalue weighted by Gasteiger charge is -2.36. The van der Waals surface area contributed by atoms with E-state index in [9.17, 15) is 19.5 Å². The molecule has 49 heavy (non-hydrogen) atoms. The van der Waals surface area contributed by atoms with Crippen LogP contribution in [0.4, 0.5) is 16.2 Å². The topological polar surface area (TPSA) is 139 Å². The van der Waals surface area contributed by atoms with E-state index >= 15 is 0 Å². The fourth-order valence-corrected chi connectivity index (χ4v) is 5.88. The molecule has 0 unspecified atom stereocenters. The van der Waals surface area contributed by atoms with E-state index in [1.165, 1.54) is 0 Å². The average molecular weight is 675 g/mol. The molecular weight excluding hydrogens is 628 g/mol. The Morgan fingerprint density at radius 2 is 1.65 bits per heavy atom. The molecule has 0 aliphatic carbocycles. The van der Waals surface area contributed by atoms with Crippen LogP contribution >= 0.6 is 0 Å². The zero-order valence-corrected chi connectivity index (χ0v) is 28.5. The largest absolute Gasteiger partial charge is 0.490 e. The molecule has 2 aliphatic heterocycles. The number of aliphatic hydroxyl groups is 1. The lowest BCUT2D eigenvalue weighted by atomic mass is 10.0. The van der Waals surface area contributed by atoms with Crippen molar-refractivity contribution >= 4 is 29.2 Å². The second-order valence-corrected chi connectivity index (χ2v) is 12.7. The van der Waals surface area contributed by atoms with Crippen molar-refractivity contribution in [3.05, 3.63) is 77.9 Å². The van der Waals surface area contributed by atoms with Gasteiger partial charge in [0, 0.05) is 55.7 Å². The van der Waals surface area contributed by atoms with E-state index in [0.29, 0.717) is 47.3 Å². The molecule has 0 aromatic heterocycles. The third-order valence-electron chi connectivity index (χ3n) is 8.76. The van der Waals surface area contributed by atoms with Crippen LogP contribution in [-0.2, 0) is 4.74 Å². The Balaban J connectivity index is 1.38. The van der Waals surface area contributed by atoms with Gasteiger partial charge in [-0.2, -0.15) is 0 Å². The Kier molecular flexibility index (Phi) is 12.0. The lowest BCUT2D eigenvalue weighted by Crippen LogP contribution is -2.48. The standard InChI is InChI=1S/C37H46N4O8/c1-24-20-41(25(2)22-42)36(44)30-18-28(38-37(45)39-29-14-16-32-33(19-29)48-23-47-32)13-15-31(30)49-26(3)10-8-9-17-46-34(24)21-40(4)35(43)27-11-6-5-7-12-27/h5-7,11-16,18-19,24-26,34,42H,8-10,17,20-23H2,1-4H3,(H2,38,39,45)/t24-,25-,26+,34+/m0/s1. The second-order valence-electron chi connectivity index (χ2n) is 12.7. The van der Waals surface area contributed by atoms with Gasteiger partial charge >= 0.3 is 6.03 Å². The molecule has 0 saturated carbocycles. The van der Waals surface area contributed by atoms with Gasteiger partial charge in [0.25, 0.3) is 11.8 Å². The number of fused-ring (bicyclic) bond motifs is 2. The van der Waals surface area contributed by atoms with Crippen molar-refractivity contribution in [2.24, 2.45) is 5.92 Å². The van der Waals surface area contributed by atoms with Crippen molar-refractivity contribution in [2.75, 3.05) is 50.8 Å². The van der Waals surface area contributed by atoms with Crippen LogP contribution in [0.15, 0.2) is 66.7 Å². The zero-order valence-electron chi connectivity index (χ0n) is 28.5. The van der Waals surface area contributed by atoms with Crippen LogP contribution in [0.3, 0.4) is 0 Å². The first-order valence-corrected chi connectivity index (χ1v) is 16.7. The van der Waals surface area contributed by atoms with Crippen LogP contribution in [0.2, 0.25) is 0 Å². The zero-order chi connectivity index (χ0) is 34.9. The Morgan fingerprint density at radius 1 is 0.959 bits per heavy atom. The van der Waals surface area contributed by atoms with Crippen molar-refractivity contribution in [3.8, 4) is 17.2 Å². The molecule has 0 saturated heterocycles. The number of hydrogen-bond acceptors (Lipinski definition) is 8. The highest BCUT2D eigenvalue weighted by atomic mass is 16.7. The summed E-state index contributed by atoms with van der Waals surface area (Å²) >= 11 is 0. The van der Waals surface area contributed by atoms with E-state index in [1.807, 2.05) is 32.0 Å². The van der Waals surface area contributed by atoms with E-state index in [-0.39, 0.29) is 55.4 Å². The Hall–Kier alpha value is -4.81. The average Bonchev–Trinajstić information content (AvgIpc) is 3.57. The summed E-state index contributed by atoms with van der Waals surface area (Å²) in [4.78, 5) is 43.8. The molecule has 2 heterocycles. The summed E-state index contributed by atoms with van der Waals surface area (Å²) in [7, 11) is 1.75. The second kappa shape index (κ2) is 16.5. The number of urea groups is 1. The number of nitrogens with zero attached hydrogens (tertiary/aromatic N) is 2. The number of benzene rings is 3. The highest BCUT2D eigenvalue weighted by molar-refractivity contribution is 6.02. The third kappa shape index (κ3) is 9.21. The van der Waals surface area contributed by atoms with E-state index in [1.54, 1.807) is 72.3 Å². The van der Waals surface area contributed by atoms with Crippen molar-refractivity contribution in [1.82, 2.24) is 9.80 Å². The maximum atomic E-state index is 14.4. The monoisotopic (exact) mass is 674 g/mol. The minimum atomic E-state index is -0.539. The number of aliphatic hydroxyl groups excluding tert-OH is 1. The number of ether oxygens (including phenoxy) is 4. The van der Waals surface area contributed by atoms with Crippen LogP contribution in [0.25, 0.3) is 0 Å². The highest BCUT2D eigenvalue weighted by Gasteiger charge is 2.31. The molecule has 3 N–H and O–H groups in total. The van der Waals surface area contributed by atoms with Gasteiger partial charge in [-0.25, -0.2) is 4.79 Å². The summed E-state index contributed by atoms with van der Waals surface area (Å²) in [6.45, 7) is 6.64. The van der Waals surface area contributed by atoms with Crippen molar-refractivity contribution in [3.63, 3.8) is 0 Å². The Labute approximate surface area is 287 Å². The number of rotatable bonds is 7. The van der Waals surface area contributed by atoms with E-state index in [4.69, 9.17) is 18.9 Å². The molecule has 0 bridgehead atoms. The van der Waals surface area contributed by atoms with Gasteiger partial charge in [-0.05, 0) is 75.6 Å². The number of carbonyl (C=O) groups excluding carboxylic acids is 3. The fourth-order valence-electron chi connectivity index (χ4n) is 5.88. The molecule has 12 nitrogen and oxygen atoms in total. The summed E-state index contributed by atoms with van der Waals surface area (Å²) in [5.41, 5.74) is 1.74. The lowest BCUT2D eigenvalue weighted by molar-refractivity contribution is -0.0149. The number of anilines is 2. The predicted molar refractivity (Wildman–Crippen MR) is 185 cm³/mol. The van der Waals surface area contributed by atoms with Crippen LogP contribution < -0.4 is 24.8 Å². The van der Waals surface area contributed by atoms with Crippen LogP contribution in [-0.4, -0.2) is 91.1 Å². The molecular formula is C37H46N4O8. The van der Waals surface area contributed by atoms with Crippen LogP contribution in [0, 0.1) is 5.92 Å². The molecule has 12 heteroatoms. The smallest absolute Gasteiger partial charge is 0.323 e. The summed E-state index contributed by atoms with van der Waals surface area (Å²) in [5.74, 6) is 0.848. The van der Waals surface area contributed by atoms with Crippen molar-refractivity contribution < 1.29 is 38.4 Å². The number of amides is 4. The van der Waals surface area contributed by atoms with Crippen molar-refractivity contribution in [2.45, 2.75) is 58.3 Å². The maximum Gasteiger partial charge on any atom is 0.323 e. The van der Waals surface area contributed by atoms with E-state index < -0.39 is 12.1 Å². The Bertz CT molecular complexity index is 1600. The van der Waals surface area contributed by atoms with Gasteiger partial charge in [-0.3, -0.25) is 9.59 Å². The summed E-state index contributed by atoms with van der Waals surface area (Å²) in [6, 6.07) is 18.1. The molecule has 262 valence electrons. The summed E-state index contributed by atoms with van der Waals surface area (Å²) in [6.07, 6.45) is 1.81. The maximum absolute atomic E-state index is 14.4. The molecule has 0 radical (unpaired) electrons. The number of carbonyl (C=O) groups is 3. The number of nitrogens with one attached hydrogen (secondary N) is 2. The summed E-state index contributed by atoms with van der Waals surface area (Å²) < 4.78 is 23.4. The van der Waals surface area contributed by atoms with E-state index in [0.717, 1.165) is 19.3 Å². The number of hydrogen-bond donors (Lipinski definition) is 3. The van der Waals surface area contributed by atoms with Gasteiger partial charge in [-0.15, -0.1) is 0 Å². The van der Waals surface area contributed by atoms with Gasteiger partial charge < -0.3 is 44.5 Å². The Morgan fingerprint density at radius 3 is 2.39 bits per heavy atom. The fraction of sp³-hybridized carbons (Fsp3) is 0.432. The minimum absolute atomic E-state index is 0.116.